The summed E-state index contributed by atoms with van der Waals surface area (Å²) >= 11 is 0. The van der Waals surface area contributed by atoms with Gasteiger partial charge in [0, 0.05) is 6.42 Å². The molecule has 2 atom stereocenters. The summed E-state index contributed by atoms with van der Waals surface area (Å²) in [5.74, 6) is -0.382. The molecule has 0 bridgehead atoms. The Labute approximate surface area is 285 Å². The molecule has 0 unspecified atom stereocenters. The van der Waals surface area contributed by atoms with Gasteiger partial charge in [0.15, 0.2) is 11.6 Å². The largest absolute Gasteiger partial charge is 0.444 e. The molecule has 0 fully saturated rings. The van der Waals surface area contributed by atoms with Crippen molar-refractivity contribution in [1.29, 1.82) is 10.5 Å². The first-order chi connectivity index (χ1) is 22.2. The molecule has 0 aliphatic rings. The van der Waals surface area contributed by atoms with Crippen molar-refractivity contribution in [3.8, 4) is 12.1 Å². The first-order valence-corrected chi connectivity index (χ1v) is 16.0. The summed E-state index contributed by atoms with van der Waals surface area (Å²) in [5.41, 5.74) is 1.56. The lowest BCUT2D eigenvalue weighted by molar-refractivity contribution is -0.122. The molecular weight excluding hydrogens is 608 g/mol. The van der Waals surface area contributed by atoms with E-state index >= 15 is 0 Å². The number of hydrogen-bond donors (Lipinski definition) is 2. The number of ketones is 2. The maximum Gasteiger partial charge on any atom is 0.408 e. The molecule has 2 aromatic rings. The number of carbonyl (C=O) groups excluding carboxylic acids is 4. The van der Waals surface area contributed by atoms with Crippen molar-refractivity contribution in [1.82, 2.24) is 10.6 Å². The lowest BCUT2D eigenvalue weighted by Gasteiger charge is -2.25. The third kappa shape index (κ3) is 16.6. The number of ether oxygens (including phenoxy) is 2. The number of hydrogen-bond acceptors (Lipinski definition) is 8. The Morgan fingerprint density at radius 3 is 1.71 bits per heavy atom. The van der Waals surface area contributed by atoms with Crippen LogP contribution in [0.3, 0.4) is 0 Å². The molecule has 2 rings (SSSR count). The number of alkyl carbamates (subject to hydrolysis) is 2. The average molecular weight is 659 g/mol. The maximum atomic E-state index is 12.5. The number of nitrogens with one attached hydrogen (secondary N) is 2. The Morgan fingerprint density at radius 1 is 0.750 bits per heavy atom. The van der Waals surface area contributed by atoms with E-state index in [0.717, 1.165) is 11.1 Å². The lowest BCUT2D eigenvalue weighted by Crippen LogP contribution is -2.46. The van der Waals surface area contributed by atoms with Crippen LogP contribution in [0.25, 0.3) is 6.08 Å². The van der Waals surface area contributed by atoms with Crippen molar-refractivity contribution < 1.29 is 28.7 Å². The third-order valence-corrected chi connectivity index (χ3v) is 6.50. The molecule has 0 aromatic heterocycles. The summed E-state index contributed by atoms with van der Waals surface area (Å²) in [6.45, 7) is 18.1. The topological polar surface area (TPSA) is 158 Å². The summed E-state index contributed by atoms with van der Waals surface area (Å²) in [7, 11) is 0. The molecule has 258 valence electrons. The van der Waals surface area contributed by atoms with Crippen LogP contribution in [0.1, 0.15) is 97.9 Å². The van der Waals surface area contributed by atoms with Gasteiger partial charge in [0.25, 0.3) is 0 Å². The highest BCUT2D eigenvalue weighted by molar-refractivity contribution is 5.99. The van der Waals surface area contributed by atoms with Crippen LogP contribution in [-0.2, 0) is 25.5 Å². The Kier molecular flexibility index (Phi) is 16.3. The van der Waals surface area contributed by atoms with E-state index in [9.17, 15) is 19.2 Å². The highest BCUT2D eigenvalue weighted by Crippen LogP contribution is 2.14. The SMILES string of the molecule is CC(C)[C@@H](NC(=O)OC(C)(C)C)C(=O)/C=C\c1cccc(C#N)c1.CC(C)[C@@H](NC(=O)OC(C)(C)C)C(=O)CCc1cccc(C#N)c1. The maximum absolute atomic E-state index is 12.5. The highest BCUT2D eigenvalue weighted by Gasteiger charge is 2.27. The van der Waals surface area contributed by atoms with Gasteiger partial charge < -0.3 is 20.1 Å². The van der Waals surface area contributed by atoms with Crippen molar-refractivity contribution in [2.24, 2.45) is 11.8 Å². The van der Waals surface area contributed by atoms with Crippen LogP contribution in [0.4, 0.5) is 9.59 Å². The van der Waals surface area contributed by atoms with Crippen LogP contribution in [-0.4, -0.2) is 47.0 Å². The van der Waals surface area contributed by atoms with E-state index in [1.54, 1.807) is 90.1 Å². The monoisotopic (exact) mass is 658 g/mol. The van der Waals surface area contributed by atoms with Crippen LogP contribution in [0.2, 0.25) is 0 Å². The molecule has 0 saturated heterocycles. The number of nitrogens with zero attached hydrogens (tertiary/aromatic N) is 2. The van der Waals surface area contributed by atoms with Crippen molar-refractivity contribution in [2.45, 2.75) is 105 Å². The van der Waals surface area contributed by atoms with Crippen molar-refractivity contribution >= 4 is 29.8 Å². The quantitative estimate of drug-likeness (QED) is 0.238. The molecule has 0 radical (unpaired) electrons. The third-order valence-electron chi connectivity index (χ3n) is 6.50. The van der Waals surface area contributed by atoms with Crippen LogP contribution >= 0.6 is 0 Å². The molecule has 2 N–H and O–H groups in total. The van der Waals surface area contributed by atoms with Gasteiger partial charge in [-0.15, -0.1) is 0 Å². The Hall–Kier alpha value is -4.96. The fourth-order valence-electron chi connectivity index (χ4n) is 4.27. The summed E-state index contributed by atoms with van der Waals surface area (Å²) in [4.78, 5) is 48.7. The number of rotatable bonds is 11. The minimum atomic E-state index is -0.671. The van der Waals surface area contributed by atoms with Crippen molar-refractivity contribution in [3.63, 3.8) is 0 Å². The zero-order valence-corrected chi connectivity index (χ0v) is 29.8. The van der Waals surface area contributed by atoms with Crippen molar-refractivity contribution in [2.75, 3.05) is 0 Å². The zero-order chi connectivity index (χ0) is 36.7. The first-order valence-electron chi connectivity index (χ1n) is 16.0. The van der Waals surface area contributed by atoms with Crippen LogP contribution in [0.5, 0.6) is 0 Å². The van der Waals surface area contributed by atoms with Gasteiger partial charge in [-0.05, 0) is 101 Å². The Balaban J connectivity index is 0.000000480. The highest BCUT2D eigenvalue weighted by atomic mass is 16.6. The predicted molar refractivity (Wildman–Crippen MR) is 186 cm³/mol. The van der Waals surface area contributed by atoms with Gasteiger partial charge in [-0.2, -0.15) is 10.5 Å². The van der Waals surface area contributed by atoms with Crippen LogP contribution < -0.4 is 10.6 Å². The fraction of sp³-hybridized carbons (Fsp3) is 0.474. The first kappa shape index (κ1) is 41.1. The van der Waals surface area contributed by atoms with E-state index in [0.29, 0.717) is 24.0 Å². The number of nitriles is 2. The fourth-order valence-corrected chi connectivity index (χ4v) is 4.27. The average Bonchev–Trinajstić information content (AvgIpc) is 2.98. The molecule has 0 saturated carbocycles. The van der Waals surface area contributed by atoms with E-state index in [1.807, 2.05) is 33.8 Å². The molecular formula is C38H50N4O6. The number of carbonyl (C=O) groups is 4. The molecule has 0 heterocycles. The predicted octanol–water partition coefficient (Wildman–Crippen LogP) is 7.30. The second-order valence-corrected chi connectivity index (χ2v) is 14.0. The van der Waals surface area contributed by atoms with Gasteiger partial charge in [0.1, 0.15) is 11.2 Å². The summed E-state index contributed by atoms with van der Waals surface area (Å²) in [6.07, 6.45) is 2.69. The lowest BCUT2D eigenvalue weighted by atomic mass is 9.95. The second-order valence-electron chi connectivity index (χ2n) is 14.0. The molecule has 48 heavy (non-hydrogen) atoms. The minimum absolute atomic E-state index is 0.0320. The van der Waals surface area contributed by atoms with E-state index in [-0.39, 0.29) is 23.4 Å². The standard InChI is InChI=1S/C19H26N2O3.C19H24N2O3/c2*1-13(2)17(21-18(23)24-19(3,4)5)16(22)10-9-14-7-6-8-15(11-14)12-20/h6-8,11,13,17H,9-10H2,1-5H3,(H,21,23);6-11,13,17H,1-5H3,(H,21,23)/b;10-9-/t2*17-/m11/s1. The molecule has 0 aliphatic heterocycles. The number of Topliss-reactive ketones (excluding diaryl/α,β-unsaturated/α-hetero) is 1. The van der Waals surface area contributed by atoms with Gasteiger partial charge in [-0.1, -0.05) is 58.0 Å². The number of benzene rings is 2. The normalized spacial score (nSPS) is 12.5. The van der Waals surface area contributed by atoms with Gasteiger partial charge in [0.05, 0.1) is 35.3 Å². The second kappa shape index (κ2) is 19.0. The molecule has 10 heteroatoms. The van der Waals surface area contributed by atoms with Gasteiger partial charge >= 0.3 is 12.2 Å². The van der Waals surface area contributed by atoms with E-state index in [4.69, 9.17) is 20.0 Å². The van der Waals surface area contributed by atoms with Crippen LogP contribution in [0, 0.1) is 34.5 Å². The number of aryl methyl sites for hydroxylation is 1. The minimum Gasteiger partial charge on any atom is -0.444 e. The molecule has 0 spiro atoms. The van der Waals surface area contributed by atoms with E-state index in [1.165, 1.54) is 6.08 Å². The summed E-state index contributed by atoms with van der Waals surface area (Å²) < 4.78 is 10.4. The number of amides is 2. The smallest absolute Gasteiger partial charge is 0.408 e. The van der Waals surface area contributed by atoms with E-state index < -0.39 is 35.5 Å². The molecule has 10 nitrogen and oxygen atoms in total. The van der Waals surface area contributed by atoms with Gasteiger partial charge in [0.2, 0.25) is 0 Å². The summed E-state index contributed by atoms with van der Waals surface area (Å²) in [5, 5.41) is 23.1. The van der Waals surface area contributed by atoms with Gasteiger partial charge in [-0.3, -0.25) is 9.59 Å². The molecule has 2 aromatic carbocycles. The van der Waals surface area contributed by atoms with Crippen LogP contribution in [0.15, 0.2) is 54.6 Å². The van der Waals surface area contributed by atoms with E-state index in [2.05, 4.69) is 22.8 Å². The van der Waals surface area contributed by atoms with Gasteiger partial charge in [-0.25, -0.2) is 9.59 Å². The zero-order valence-electron chi connectivity index (χ0n) is 29.8. The Bertz CT molecular complexity index is 1520. The molecule has 0 aliphatic carbocycles. The Morgan fingerprint density at radius 2 is 1.23 bits per heavy atom. The summed E-state index contributed by atoms with van der Waals surface area (Å²) in [6, 6.07) is 17.0. The molecule has 2 amide bonds. The van der Waals surface area contributed by atoms with Crippen molar-refractivity contribution in [3.05, 3.63) is 76.9 Å².